The standard InChI is InChI=1S/C21H26N4O3/c26-19-5-4-18(20(27)24-19)25-11-17-12(2-1-3-16(17)21(25)28)8-22-9-13-6-15-7-14(13)10-23-15/h1-3,13-15,18,22-23H,4-11H2,(H,24,26,27)/t13-,14-,15+,18?/m0/s1. The lowest BCUT2D eigenvalue weighted by atomic mass is 9.95. The summed E-state index contributed by atoms with van der Waals surface area (Å²) in [6, 6.07) is 5.98. The Morgan fingerprint density at radius 3 is 2.82 bits per heavy atom. The quantitative estimate of drug-likeness (QED) is 0.647. The van der Waals surface area contributed by atoms with Crippen LogP contribution < -0.4 is 16.0 Å². The predicted molar refractivity (Wildman–Crippen MR) is 102 cm³/mol. The number of imide groups is 1. The molecule has 3 aliphatic heterocycles. The molecule has 3 N–H and O–H groups in total. The Kier molecular flexibility index (Phi) is 4.44. The van der Waals surface area contributed by atoms with E-state index in [-0.39, 0.29) is 24.1 Å². The first kappa shape index (κ1) is 17.8. The number of fused-ring (bicyclic) bond motifs is 3. The molecule has 1 saturated carbocycles. The van der Waals surface area contributed by atoms with Crippen molar-refractivity contribution in [2.75, 3.05) is 13.1 Å². The highest BCUT2D eigenvalue weighted by Gasteiger charge is 2.40. The number of piperidine rings is 2. The maximum absolute atomic E-state index is 12.9. The molecule has 28 heavy (non-hydrogen) atoms. The topological polar surface area (TPSA) is 90.5 Å². The van der Waals surface area contributed by atoms with Gasteiger partial charge in [-0.25, -0.2) is 0 Å². The van der Waals surface area contributed by atoms with E-state index >= 15 is 0 Å². The molecule has 7 heteroatoms. The summed E-state index contributed by atoms with van der Waals surface area (Å²) in [5.41, 5.74) is 2.83. The van der Waals surface area contributed by atoms with Crippen molar-refractivity contribution in [3.63, 3.8) is 0 Å². The lowest BCUT2D eigenvalue weighted by Gasteiger charge is -2.29. The summed E-state index contributed by atoms with van der Waals surface area (Å²) in [6.45, 7) is 3.34. The number of hydrogen-bond acceptors (Lipinski definition) is 5. The van der Waals surface area contributed by atoms with Gasteiger partial charge in [0.25, 0.3) is 5.91 Å². The molecule has 0 aromatic heterocycles. The van der Waals surface area contributed by atoms with E-state index < -0.39 is 6.04 Å². The number of nitrogens with zero attached hydrogens (tertiary/aromatic N) is 1. The summed E-state index contributed by atoms with van der Waals surface area (Å²) in [5, 5.41) is 9.51. The molecule has 7 nitrogen and oxygen atoms in total. The summed E-state index contributed by atoms with van der Waals surface area (Å²) < 4.78 is 0. The van der Waals surface area contributed by atoms with Crippen molar-refractivity contribution in [3.05, 3.63) is 34.9 Å². The molecule has 148 valence electrons. The van der Waals surface area contributed by atoms with Crippen LogP contribution in [0.3, 0.4) is 0 Å². The molecule has 2 saturated heterocycles. The maximum Gasteiger partial charge on any atom is 0.255 e. The van der Waals surface area contributed by atoms with Gasteiger partial charge in [-0.2, -0.15) is 0 Å². The van der Waals surface area contributed by atoms with Crippen molar-refractivity contribution in [3.8, 4) is 0 Å². The first-order chi connectivity index (χ1) is 13.6. The number of amides is 3. The zero-order chi connectivity index (χ0) is 19.3. The third-order valence-corrected chi connectivity index (χ3v) is 6.91. The van der Waals surface area contributed by atoms with Gasteiger partial charge in [0.1, 0.15) is 6.04 Å². The number of hydrogen-bond donors (Lipinski definition) is 3. The Balaban J connectivity index is 1.25. The lowest BCUT2D eigenvalue weighted by Crippen LogP contribution is -2.52. The van der Waals surface area contributed by atoms with Gasteiger partial charge in [0.15, 0.2) is 0 Å². The van der Waals surface area contributed by atoms with Crippen LogP contribution in [0.2, 0.25) is 0 Å². The van der Waals surface area contributed by atoms with Gasteiger partial charge in [0.2, 0.25) is 11.8 Å². The molecule has 2 bridgehead atoms. The van der Waals surface area contributed by atoms with E-state index in [1.165, 1.54) is 12.8 Å². The smallest absolute Gasteiger partial charge is 0.255 e. The Hall–Kier alpha value is -2.25. The largest absolute Gasteiger partial charge is 0.322 e. The van der Waals surface area contributed by atoms with Crippen molar-refractivity contribution < 1.29 is 14.4 Å². The molecule has 1 unspecified atom stereocenters. The molecule has 3 amide bonds. The first-order valence-electron chi connectivity index (χ1n) is 10.3. The van der Waals surface area contributed by atoms with Crippen LogP contribution in [0.15, 0.2) is 18.2 Å². The van der Waals surface area contributed by atoms with Gasteiger partial charge in [0, 0.05) is 31.1 Å². The molecule has 4 aliphatic rings. The number of benzene rings is 1. The van der Waals surface area contributed by atoms with Crippen molar-refractivity contribution >= 4 is 17.7 Å². The second-order valence-corrected chi connectivity index (χ2v) is 8.57. The molecular formula is C21H26N4O3. The van der Waals surface area contributed by atoms with Gasteiger partial charge >= 0.3 is 0 Å². The maximum atomic E-state index is 12.9. The van der Waals surface area contributed by atoms with Crippen LogP contribution in [-0.2, 0) is 22.7 Å². The molecule has 3 fully saturated rings. The molecule has 1 aromatic rings. The molecule has 1 aliphatic carbocycles. The minimum absolute atomic E-state index is 0.106. The monoisotopic (exact) mass is 382 g/mol. The molecule has 3 heterocycles. The second-order valence-electron chi connectivity index (χ2n) is 8.57. The van der Waals surface area contributed by atoms with Crippen LogP contribution in [0.25, 0.3) is 0 Å². The highest BCUT2D eigenvalue weighted by atomic mass is 16.2. The zero-order valence-electron chi connectivity index (χ0n) is 15.9. The van der Waals surface area contributed by atoms with Gasteiger partial charge < -0.3 is 15.5 Å². The van der Waals surface area contributed by atoms with E-state index in [4.69, 9.17) is 0 Å². The van der Waals surface area contributed by atoms with E-state index in [1.807, 2.05) is 12.1 Å². The Bertz CT molecular complexity index is 839. The van der Waals surface area contributed by atoms with Gasteiger partial charge in [-0.15, -0.1) is 0 Å². The van der Waals surface area contributed by atoms with E-state index in [0.29, 0.717) is 24.6 Å². The predicted octanol–water partition coefficient (Wildman–Crippen LogP) is 0.535. The van der Waals surface area contributed by atoms with Gasteiger partial charge in [-0.05, 0) is 61.4 Å². The van der Waals surface area contributed by atoms with Crippen LogP contribution in [0.4, 0.5) is 0 Å². The Morgan fingerprint density at radius 1 is 1.18 bits per heavy atom. The van der Waals surface area contributed by atoms with Crippen LogP contribution in [0.1, 0.15) is 47.2 Å². The number of nitrogens with one attached hydrogen (secondary N) is 3. The first-order valence-corrected chi connectivity index (χ1v) is 10.3. The van der Waals surface area contributed by atoms with Crippen LogP contribution >= 0.6 is 0 Å². The fourth-order valence-corrected chi connectivity index (χ4v) is 5.40. The summed E-state index contributed by atoms with van der Waals surface area (Å²) in [5.74, 6) is 0.812. The number of carbonyl (C=O) groups excluding carboxylic acids is 3. The van der Waals surface area contributed by atoms with E-state index in [9.17, 15) is 14.4 Å². The van der Waals surface area contributed by atoms with Crippen LogP contribution in [0.5, 0.6) is 0 Å². The Labute approximate surface area is 164 Å². The summed E-state index contributed by atoms with van der Waals surface area (Å²) >= 11 is 0. The molecule has 0 spiro atoms. The fraction of sp³-hybridized carbons (Fsp3) is 0.571. The summed E-state index contributed by atoms with van der Waals surface area (Å²) in [4.78, 5) is 38.1. The zero-order valence-corrected chi connectivity index (χ0v) is 15.9. The van der Waals surface area contributed by atoms with E-state index in [2.05, 4.69) is 22.0 Å². The lowest BCUT2D eigenvalue weighted by molar-refractivity contribution is -0.136. The van der Waals surface area contributed by atoms with E-state index in [0.717, 1.165) is 42.6 Å². The number of carbonyl (C=O) groups is 3. The molecule has 4 atom stereocenters. The molecular weight excluding hydrogens is 356 g/mol. The second kappa shape index (κ2) is 6.97. The average Bonchev–Trinajstić information content (AvgIpc) is 3.38. The van der Waals surface area contributed by atoms with Gasteiger partial charge in [0.05, 0.1) is 0 Å². The minimum Gasteiger partial charge on any atom is -0.322 e. The van der Waals surface area contributed by atoms with Crippen molar-refractivity contribution in [1.29, 1.82) is 0 Å². The van der Waals surface area contributed by atoms with Crippen molar-refractivity contribution in [2.45, 2.75) is 50.9 Å². The highest BCUT2D eigenvalue weighted by Crippen LogP contribution is 2.36. The van der Waals surface area contributed by atoms with Gasteiger partial charge in [-0.3, -0.25) is 19.7 Å². The van der Waals surface area contributed by atoms with Crippen LogP contribution in [0, 0.1) is 11.8 Å². The summed E-state index contributed by atoms with van der Waals surface area (Å²) in [7, 11) is 0. The van der Waals surface area contributed by atoms with Crippen LogP contribution in [-0.4, -0.2) is 47.8 Å². The fourth-order valence-electron chi connectivity index (χ4n) is 5.40. The average molecular weight is 382 g/mol. The van der Waals surface area contributed by atoms with Crippen molar-refractivity contribution in [2.24, 2.45) is 11.8 Å². The minimum atomic E-state index is -0.556. The Morgan fingerprint density at radius 2 is 2.07 bits per heavy atom. The molecule has 0 radical (unpaired) electrons. The number of rotatable bonds is 5. The third-order valence-electron chi connectivity index (χ3n) is 6.91. The SMILES string of the molecule is O=C1CCC(N2Cc3c(CNC[C@@H]4C[C@@H]5C[C@H]4CN5)cccc3C2=O)C(=O)N1. The van der Waals surface area contributed by atoms with E-state index in [1.54, 1.807) is 4.90 Å². The van der Waals surface area contributed by atoms with Crippen molar-refractivity contribution in [1.82, 2.24) is 20.9 Å². The normalized spacial score (nSPS) is 31.4. The molecule has 5 rings (SSSR count). The summed E-state index contributed by atoms with van der Waals surface area (Å²) in [6.07, 6.45) is 3.24. The highest BCUT2D eigenvalue weighted by molar-refractivity contribution is 6.05. The van der Waals surface area contributed by atoms with Gasteiger partial charge in [-0.1, -0.05) is 12.1 Å². The molecule has 1 aromatic carbocycles. The third kappa shape index (κ3) is 3.02.